The van der Waals surface area contributed by atoms with Crippen LogP contribution in [-0.4, -0.2) is 23.2 Å². The van der Waals surface area contributed by atoms with E-state index in [0.717, 1.165) is 23.4 Å². The summed E-state index contributed by atoms with van der Waals surface area (Å²) in [4.78, 5) is 2.52. The second kappa shape index (κ2) is 6.66. The summed E-state index contributed by atoms with van der Waals surface area (Å²) in [6, 6.07) is 19.6. The highest BCUT2D eigenvalue weighted by molar-refractivity contribution is 7.98. The minimum absolute atomic E-state index is 0.749. The van der Waals surface area contributed by atoms with Gasteiger partial charge >= 0.3 is 0 Å². The molecule has 20 heavy (non-hydrogen) atoms. The number of rotatable bonds is 6. The van der Waals surface area contributed by atoms with Crippen LogP contribution in [0, 0.1) is 0 Å². The van der Waals surface area contributed by atoms with Crippen molar-refractivity contribution in [2.45, 2.75) is 18.3 Å². The molecule has 1 aliphatic heterocycles. The van der Waals surface area contributed by atoms with Gasteiger partial charge in [0.1, 0.15) is 0 Å². The monoisotopic (exact) mass is 303 g/mol. The number of thioether (sulfide) groups is 1. The van der Waals surface area contributed by atoms with Crippen molar-refractivity contribution in [1.82, 2.24) is 4.90 Å². The van der Waals surface area contributed by atoms with E-state index in [4.69, 9.17) is 11.6 Å². The largest absolute Gasteiger partial charge is 0.292 e. The van der Waals surface area contributed by atoms with Gasteiger partial charge in [0.2, 0.25) is 0 Å². The van der Waals surface area contributed by atoms with Gasteiger partial charge in [-0.1, -0.05) is 54.1 Å². The maximum Gasteiger partial charge on any atom is 0.0406 e. The molecule has 1 nitrogen and oxygen atoms in total. The molecular weight excluding hydrogens is 286 g/mol. The van der Waals surface area contributed by atoms with Crippen molar-refractivity contribution in [2.24, 2.45) is 0 Å². The number of nitrogens with zero attached hydrogens (tertiary/aromatic N) is 1. The highest BCUT2D eigenvalue weighted by atomic mass is 35.5. The van der Waals surface area contributed by atoms with E-state index in [0.29, 0.717) is 0 Å². The Balaban J connectivity index is 1.38. The Morgan fingerprint density at radius 1 is 1.00 bits per heavy atom. The van der Waals surface area contributed by atoms with E-state index in [1.54, 1.807) is 0 Å². The first-order chi connectivity index (χ1) is 9.81. The SMILES string of the molecule is Clc1ccc(CN2C[C@@H]2CSCc2ccccc2)cc1. The number of hydrogen-bond acceptors (Lipinski definition) is 2. The van der Waals surface area contributed by atoms with Crippen LogP contribution in [0.2, 0.25) is 5.02 Å². The average Bonchev–Trinajstić information content (AvgIpc) is 3.21. The Kier molecular flexibility index (Phi) is 4.66. The molecule has 1 heterocycles. The molecule has 1 aliphatic rings. The minimum atomic E-state index is 0.749. The van der Waals surface area contributed by atoms with Crippen LogP contribution >= 0.6 is 23.4 Å². The number of halogens is 1. The third kappa shape index (κ3) is 4.02. The van der Waals surface area contributed by atoms with Crippen molar-refractivity contribution < 1.29 is 0 Å². The topological polar surface area (TPSA) is 3.01 Å². The number of benzene rings is 2. The second-order valence-corrected chi connectivity index (χ2v) is 6.68. The number of hydrogen-bond donors (Lipinski definition) is 0. The van der Waals surface area contributed by atoms with Gasteiger partial charge < -0.3 is 0 Å². The van der Waals surface area contributed by atoms with Gasteiger partial charge in [0.15, 0.2) is 0 Å². The molecular formula is C17H18ClNS. The van der Waals surface area contributed by atoms with Gasteiger partial charge in [0.05, 0.1) is 0 Å². The highest BCUT2D eigenvalue weighted by Gasteiger charge is 2.33. The maximum absolute atomic E-state index is 5.90. The fourth-order valence-corrected chi connectivity index (χ4v) is 3.55. The Morgan fingerprint density at radius 2 is 1.75 bits per heavy atom. The molecule has 1 saturated heterocycles. The maximum atomic E-state index is 5.90. The van der Waals surface area contributed by atoms with Crippen LogP contribution < -0.4 is 0 Å². The zero-order valence-corrected chi connectivity index (χ0v) is 12.9. The summed E-state index contributed by atoms with van der Waals surface area (Å²) in [6.45, 7) is 2.28. The molecule has 0 spiro atoms. The molecule has 3 rings (SSSR count). The Hall–Kier alpha value is -0.960. The Bertz CT molecular complexity index is 541. The first-order valence-electron chi connectivity index (χ1n) is 6.91. The van der Waals surface area contributed by atoms with Gasteiger partial charge in [-0.3, -0.25) is 4.90 Å². The van der Waals surface area contributed by atoms with Crippen LogP contribution in [0.15, 0.2) is 54.6 Å². The molecule has 1 unspecified atom stereocenters. The van der Waals surface area contributed by atoms with Crippen LogP contribution in [0.5, 0.6) is 0 Å². The molecule has 0 aliphatic carbocycles. The molecule has 2 aromatic carbocycles. The molecule has 104 valence electrons. The van der Waals surface area contributed by atoms with Gasteiger partial charge in [-0.15, -0.1) is 0 Å². The fraction of sp³-hybridized carbons (Fsp3) is 0.294. The molecule has 0 N–H and O–H groups in total. The molecule has 0 saturated carbocycles. The molecule has 2 aromatic rings. The molecule has 0 amide bonds. The van der Waals surface area contributed by atoms with Gasteiger partial charge in [0, 0.05) is 35.7 Å². The second-order valence-electron chi connectivity index (χ2n) is 5.21. The van der Waals surface area contributed by atoms with E-state index in [1.807, 2.05) is 23.9 Å². The van der Waals surface area contributed by atoms with E-state index < -0.39 is 0 Å². The van der Waals surface area contributed by atoms with Crippen molar-refractivity contribution in [1.29, 1.82) is 0 Å². The standard InChI is InChI=1S/C17H18ClNS/c18-16-8-6-14(7-9-16)10-19-11-17(19)13-20-12-15-4-2-1-3-5-15/h1-9,17H,10-13H2/t17-,19?/m1/s1. The van der Waals surface area contributed by atoms with Crippen molar-refractivity contribution in [3.05, 3.63) is 70.7 Å². The lowest BCUT2D eigenvalue weighted by Gasteiger charge is -2.05. The van der Waals surface area contributed by atoms with Crippen LogP contribution in [0.25, 0.3) is 0 Å². The zero-order chi connectivity index (χ0) is 13.8. The quantitative estimate of drug-likeness (QED) is 0.725. The predicted octanol–water partition coefficient (Wildman–Crippen LogP) is 4.46. The summed E-state index contributed by atoms with van der Waals surface area (Å²) < 4.78 is 0. The van der Waals surface area contributed by atoms with E-state index in [1.165, 1.54) is 23.4 Å². The summed E-state index contributed by atoms with van der Waals surface area (Å²) in [5.74, 6) is 2.34. The van der Waals surface area contributed by atoms with Crippen molar-refractivity contribution in [3.63, 3.8) is 0 Å². The summed E-state index contributed by atoms with van der Waals surface area (Å²) in [7, 11) is 0. The third-order valence-electron chi connectivity index (χ3n) is 3.55. The zero-order valence-electron chi connectivity index (χ0n) is 11.3. The Labute approximate surface area is 129 Å². The van der Waals surface area contributed by atoms with Gasteiger partial charge in [-0.2, -0.15) is 11.8 Å². The summed E-state index contributed by atoms with van der Waals surface area (Å²) in [5.41, 5.74) is 2.77. The van der Waals surface area contributed by atoms with Crippen LogP contribution in [0.1, 0.15) is 11.1 Å². The molecule has 1 fully saturated rings. The first kappa shape index (κ1) is 14.0. The minimum Gasteiger partial charge on any atom is -0.292 e. The molecule has 3 heteroatoms. The van der Waals surface area contributed by atoms with E-state index in [2.05, 4.69) is 47.4 Å². The Morgan fingerprint density at radius 3 is 2.50 bits per heavy atom. The van der Waals surface area contributed by atoms with Crippen LogP contribution in [0.4, 0.5) is 0 Å². The lowest BCUT2D eigenvalue weighted by molar-refractivity contribution is 0.517. The van der Waals surface area contributed by atoms with E-state index >= 15 is 0 Å². The lowest BCUT2D eigenvalue weighted by Crippen LogP contribution is -2.04. The highest BCUT2D eigenvalue weighted by Crippen LogP contribution is 2.26. The van der Waals surface area contributed by atoms with Gasteiger partial charge in [-0.25, -0.2) is 0 Å². The average molecular weight is 304 g/mol. The summed E-state index contributed by atoms with van der Waals surface area (Å²) in [5, 5.41) is 0.814. The third-order valence-corrected chi connectivity index (χ3v) is 4.96. The summed E-state index contributed by atoms with van der Waals surface area (Å²) >= 11 is 7.93. The van der Waals surface area contributed by atoms with Crippen molar-refractivity contribution in [2.75, 3.05) is 12.3 Å². The molecule has 0 aromatic heterocycles. The van der Waals surface area contributed by atoms with Crippen LogP contribution in [0.3, 0.4) is 0 Å². The molecule has 0 radical (unpaired) electrons. The molecule has 0 bridgehead atoms. The normalized spacial score (nSPS) is 20.9. The molecule has 2 atom stereocenters. The summed E-state index contributed by atoms with van der Waals surface area (Å²) in [6.07, 6.45) is 0. The fourth-order valence-electron chi connectivity index (χ4n) is 2.29. The van der Waals surface area contributed by atoms with Gasteiger partial charge in [0.25, 0.3) is 0 Å². The predicted molar refractivity (Wildman–Crippen MR) is 88.3 cm³/mol. The first-order valence-corrected chi connectivity index (χ1v) is 8.45. The van der Waals surface area contributed by atoms with Crippen molar-refractivity contribution in [3.8, 4) is 0 Å². The lowest BCUT2D eigenvalue weighted by atomic mass is 10.2. The van der Waals surface area contributed by atoms with E-state index in [9.17, 15) is 0 Å². The van der Waals surface area contributed by atoms with Gasteiger partial charge in [-0.05, 0) is 23.3 Å². The van der Waals surface area contributed by atoms with E-state index in [-0.39, 0.29) is 0 Å². The van der Waals surface area contributed by atoms with Crippen LogP contribution in [-0.2, 0) is 12.3 Å². The smallest absolute Gasteiger partial charge is 0.0406 e. The van der Waals surface area contributed by atoms with Crippen molar-refractivity contribution >= 4 is 23.4 Å².